The van der Waals surface area contributed by atoms with Crippen molar-refractivity contribution in [2.24, 2.45) is 7.05 Å². The number of hydrogen-bond donors (Lipinski definition) is 1. The number of nitrogens with zero attached hydrogens (tertiary/aromatic N) is 4. The molecular weight excluding hydrogens is 310 g/mol. The van der Waals surface area contributed by atoms with Crippen LogP contribution in [0, 0.1) is 0 Å². The number of nitrogens with one attached hydrogen (secondary N) is 1. The monoisotopic (exact) mass is 337 g/mol. The van der Waals surface area contributed by atoms with Gasteiger partial charge in [-0.05, 0) is 19.5 Å². The Labute approximate surface area is 141 Å². The summed E-state index contributed by atoms with van der Waals surface area (Å²) < 4.78 is 8.41. The van der Waals surface area contributed by atoms with Crippen molar-refractivity contribution in [3.63, 3.8) is 0 Å². The molecule has 8 heteroatoms. The average molecular weight is 337 g/mol. The van der Waals surface area contributed by atoms with E-state index in [4.69, 9.17) is 4.74 Å². The van der Waals surface area contributed by atoms with Crippen LogP contribution in [0.25, 0.3) is 11.2 Å². The van der Waals surface area contributed by atoms with Gasteiger partial charge in [-0.2, -0.15) is 0 Å². The van der Waals surface area contributed by atoms with Gasteiger partial charge in [0.1, 0.15) is 5.82 Å². The molecule has 0 saturated carbocycles. The molecule has 2 aromatic heterocycles. The Balaban J connectivity index is 2.51. The largest absolute Gasteiger partial charge is 0.383 e. The van der Waals surface area contributed by atoms with Gasteiger partial charge in [0.15, 0.2) is 11.2 Å². The second-order valence-corrected chi connectivity index (χ2v) is 5.89. The number of hydrogen-bond acceptors (Lipinski definition) is 5. The Morgan fingerprint density at radius 1 is 1.29 bits per heavy atom. The summed E-state index contributed by atoms with van der Waals surface area (Å²) in [5.41, 5.74) is -0.00887. The van der Waals surface area contributed by atoms with Crippen LogP contribution in [0.4, 0.5) is 0 Å². The zero-order valence-corrected chi connectivity index (χ0v) is 15.0. The molecule has 0 aliphatic rings. The standard InChI is InChI=1S/C16H27N5O3/c1-5-7-8-20(6-2)11-12-17-14-13(21(12)9-10-24-4)15(22)18-16(23)19(14)3/h5-11H2,1-4H3,(H,18,22,23). The molecule has 1 N–H and O–H groups in total. The Kier molecular flexibility index (Phi) is 6.33. The molecule has 0 fully saturated rings. The first-order chi connectivity index (χ1) is 11.5. The highest BCUT2D eigenvalue weighted by atomic mass is 16.5. The van der Waals surface area contributed by atoms with Gasteiger partial charge in [-0.15, -0.1) is 0 Å². The van der Waals surface area contributed by atoms with E-state index >= 15 is 0 Å². The second kappa shape index (κ2) is 8.25. The molecule has 134 valence electrons. The zero-order chi connectivity index (χ0) is 17.7. The Hall–Kier alpha value is -1.93. The topological polar surface area (TPSA) is 85.2 Å². The molecule has 0 bridgehead atoms. The highest BCUT2D eigenvalue weighted by Crippen LogP contribution is 2.13. The lowest BCUT2D eigenvalue weighted by molar-refractivity contribution is 0.185. The fraction of sp³-hybridized carbons (Fsp3) is 0.688. The number of aryl methyl sites for hydroxylation is 1. The number of aromatic amines is 1. The minimum atomic E-state index is -0.450. The van der Waals surface area contributed by atoms with Gasteiger partial charge in [-0.1, -0.05) is 20.3 Å². The zero-order valence-electron chi connectivity index (χ0n) is 15.0. The number of rotatable bonds is 9. The first kappa shape index (κ1) is 18.4. The van der Waals surface area contributed by atoms with E-state index < -0.39 is 11.2 Å². The van der Waals surface area contributed by atoms with Crippen LogP contribution in [0.2, 0.25) is 0 Å². The van der Waals surface area contributed by atoms with Crippen molar-refractivity contribution in [1.82, 2.24) is 24.0 Å². The highest BCUT2D eigenvalue weighted by Gasteiger charge is 2.18. The number of aromatic nitrogens is 4. The molecule has 0 unspecified atom stereocenters. The van der Waals surface area contributed by atoms with Crippen molar-refractivity contribution in [3.8, 4) is 0 Å². The summed E-state index contributed by atoms with van der Waals surface area (Å²) in [7, 11) is 3.24. The van der Waals surface area contributed by atoms with Crippen LogP contribution in [0.15, 0.2) is 9.59 Å². The summed E-state index contributed by atoms with van der Waals surface area (Å²) >= 11 is 0. The lowest BCUT2D eigenvalue weighted by Crippen LogP contribution is -2.29. The second-order valence-electron chi connectivity index (χ2n) is 5.89. The minimum absolute atomic E-state index is 0.403. The summed E-state index contributed by atoms with van der Waals surface area (Å²) in [6.07, 6.45) is 2.25. The van der Waals surface area contributed by atoms with Crippen LogP contribution in [0.3, 0.4) is 0 Å². The summed E-state index contributed by atoms with van der Waals surface area (Å²) in [5.74, 6) is 0.784. The molecule has 0 amide bonds. The van der Waals surface area contributed by atoms with Gasteiger partial charge in [0.05, 0.1) is 13.2 Å². The van der Waals surface area contributed by atoms with Crippen molar-refractivity contribution in [2.75, 3.05) is 26.8 Å². The predicted molar refractivity (Wildman–Crippen MR) is 93.3 cm³/mol. The number of fused-ring (bicyclic) bond motifs is 1. The van der Waals surface area contributed by atoms with E-state index in [0.717, 1.165) is 31.8 Å². The Morgan fingerprint density at radius 2 is 2.04 bits per heavy atom. The third-order valence-electron chi connectivity index (χ3n) is 4.25. The van der Waals surface area contributed by atoms with E-state index in [-0.39, 0.29) is 0 Å². The van der Waals surface area contributed by atoms with Gasteiger partial charge in [0.2, 0.25) is 0 Å². The Bertz CT molecular complexity index is 789. The molecule has 2 aromatic rings. The molecule has 0 aliphatic carbocycles. The molecule has 0 aliphatic heterocycles. The van der Waals surface area contributed by atoms with E-state index in [1.165, 1.54) is 4.57 Å². The predicted octanol–water partition coefficient (Wildman–Crippen LogP) is 0.692. The van der Waals surface area contributed by atoms with E-state index in [1.807, 2.05) is 4.57 Å². The summed E-state index contributed by atoms with van der Waals surface area (Å²) in [6, 6.07) is 0. The van der Waals surface area contributed by atoms with Crippen molar-refractivity contribution >= 4 is 11.2 Å². The lowest BCUT2D eigenvalue weighted by Gasteiger charge is -2.20. The number of H-pyrrole nitrogens is 1. The quantitative estimate of drug-likeness (QED) is 0.728. The fourth-order valence-electron chi connectivity index (χ4n) is 2.75. The number of imidazole rings is 1. The summed E-state index contributed by atoms with van der Waals surface area (Å²) in [5, 5.41) is 0. The van der Waals surface area contributed by atoms with Gasteiger partial charge < -0.3 is 9.30 Å². The minimum Gasteiger partial charge on any atom is -0.383 e. The van der Waals surface area contributed by atoms with Crippen molar-refractivity contribution in [3.05, 3.63) is 26.7 Å². The van der Waals surface area contributed by atoms with E-state index in [9.17, 15) is 9.59 Å². The fourth-order valence-corrected chi connectivity index (χ4v) is 2.75. The maximum Gasteiger partial charge on any atom is 0.329 e. The molecule has 0 aromatic carbocycles. The van der Waals surface area contributed by atoms with Crippen LogP contribution in [-0.2, 0) is 24.9 Å². The van der Waals surface area contributed by atoms with Crippen LogP contribution in [-0.4, -0.2) is 50.8 Å². The van der Waals surface area contributed by atoms with Gasteiger partial charge in [-0.3, -0.25) is 19.2 Å². The normalized spacial score (nSPS) is 11.7. The summed E-state index contributed by atoms with van der Waals surface area (Å²) in [6.45, 7) is 7.80. The molecule has 0 saturated heterocycles. The van der Waals surface area contributed by atoms with Gasteiger partial charge >= 0.3 is 5.69 Å². The van der Waals surface area contributed by atoms with Crippen LogP contribution in [0.1, 0.15) is 32.5 Å². The third-order valence-corrected chi connectivity index (χ3v) is 4.25. The van der Waals surface area contributed by atoms with Gasteiger partial charge in [0, 0.05) is 20.7 Å². The highest BCUT2D eigenvalue weighted by molar-refractivity contribution is 5.70. The molecule has 0 spiro atoms. The first-order valence-electron chi connectivity index (χ1n) is 8.43. The lowest BCUT2D eigenvalue weighted by atomic mass is 10.3. The number of unbranched alkanes of at least 4 members (excludes halogenated alkanes) is 1. The Morgan fingerprint density at radius 3 is 2.67 bits per heavy atom. The van der Waals surface area contributed by atoms with E-state index in [2.05, 4.69) is 28.7 Å². The molecule has 8 nitrogen and oxygen atoms in total. The third kappa shape index (κ3) is 3.76. The van der Waals surface area contributed by atoms with Crippen molar-refractivity contribution in [1.29, 1.82) is 0 Å². The molecular formula is C16H27N5O3. The maximum absolute atomic E-state index is 12.3. The molecule has 0 radical (unpaired) electrons. The first-order valence-corrected chi connectivity index (χ1v) is 8.43. The van der Waals surface area contributed by atoms with Crippen LogP contribution >= 0.6 is 0 Å². The van der Waals surface area contributed by atoms with E-state index in [1.54, 1.807) is 14.2 Å². The average Bonchev–Trinajstić information content (AvgIpc) is 2.93. The van der Waals surface area contributed by atoms with Crippen LogP contribution in [0.5, 0.6) is 0 Å². The van der Waals surface area contributed by atoms with Crippen LogP contribution < -0.4 is 11.2 Å². The smallest absolute Gasteiger partial charge is 0.329 e. The van der Waals surface area contributed by atoms with Crippen molar-refractivity contribution in [2.45, 2.75) is 39.8 Å². The SMILES string of the molecule is CCCCN(CC)Cc1nc2c(c(=O)[nH]c(=O)n2C)n1CCOC. The maximum atomic E-state index is 12.3. The van der Waals surface area contributed by atoms with Gasteiger partial charge in [0.25, 0.3) is 5.56 Å². The van der Waals surface area contributed by atoms with Gasteiger partial charge in [-0.25, -0.2) is 9.78 Å². The number of ether oxygens (including phenoxy) is 1. The molecule has 0 atom stereocenters. The molecule has 2 rings (SSSR count). The molecule has 24 heavy (non-hydrogen) atoms. The summed E-state index contributed by atoms with van der Waals surface area (Å²) in [4.78, 5) is 33.4. The van der Waals surface area contributed by atoms with Crippen molar-refractivity contribution < 1.29 is 4.74 Å². The van der Waals surface area contributed by atoms with E-state index in [0.29, 0.717) is 30.9 Å². The molecule has 2 heterocycles. The number of methoxy groups -OCH3 is 1.